The van der Waals surface area contributed by atoms with Gasteiger partial charge in [-0.3, -0.25) is 4.79 Å². The van der Waals surface area contributed by atoms with Gasteiger partial charge in [-0.05, 0) is 57.1 Å². The van der Waals surface area contributed by atoms with Crippen LogP contribution < -0.4 is 4.90 Å². The molecule has 1 fully saturated rings. The zero-order valence-electron chi connectivity index (χ0n) is 16.1. The lowest BCUT2D eigenvalue weighted by atomic mass is 9.82. The van der Waals surface area contributed by atoms with Gasteiger partial charge in [0, 0.05) is 16.8 Å². The number of amides is 1. The molecule has 4 nitrogen and oxygen atoms in total. The fourth-order valence-corrected chi connectivity index (χ4v) is 5.53. The molecular weight excluding hydrogens is 378 g/mol. The van der Waals surface area contributed by atoms with Crippen LogP contribution >= 0.6 is 11.3 Å². The molecule has 1 aliphatic carbocycles. The normalized spacial score (nSPS) is 21.2. The lowest BCUT2D eigenvalue weighted by Crippen LogP contribution is -2.42. The summed E-state index contributed by atoms with van der Waals surface area (Å²) in [6, 6.07) is 11.6. The van der Waals surface area contributed by atoms with Crippen LogP contribution in [0.5, 0.6) is 0 Å². The minimum Gasteiger partial charge on any atom is -0.308 e. The predicted octanol–water partition coefficient (Wildman–Crippen LogP) is 5.56. The molecule has 0 aliphatic heterocycles. The Morgan fingerprint density at radius 3 is 2.37 bits per heavy atom. The van der Waals surface area contributed by atoms with Gasteiger partial charge >= 0.3 is 0 Å². The highest BCUT2D eigenvalue weighted by atomic mass is 32.2. The summed E-state index contributed by atoms with van der Waals surface area (Å²) in [5.41, 5.74) is 1.57. The van der Waals surface area contributed by atoms with Gasteiger partial charge in [0.25, 0.3) is 0 Å². The number of hydrogen-bond donors (Lipinski definition) is 1. The fourth-order valence-electron chi connectivity index (χ4n) is 3.76. The molecule has 3 rings (SSSR count). The van der Waals surface area contributed by atoms with Gasteiger partial charge < -0.3 is 9.45 Å². The van der Waals surface area contributed by atoms with Crippen LogP contribution in [0.4, 0.5) is 5.69 Å². The molecule has 0 bridgehead atoms. The van der Waals surface area contributed by atoms with E-state index < -0.39 is 11.1 Å². The summed E-state index contributed by atoms with van der Waals surface area (Å²) in [7, 11) is 0. The molecule has 1 heterocycles. The molecule has 1 saturated carbocycles. The average Bonchev–Trinajstić information content (AvgIpc) is 3.08. The maximum atomic E-state index is 13.3. The number of carbonyl (C=O) groups excluding carboxylic acids is 1. The average molecular weight is 406 g/mol. The van der Waals surface area contributed by atoms with Gasteiger partial charge in [0.15, 0.2) is 11.1 Å². The maximum Gasteiger partial charge on any atom is 0.230 e. The lowest BCUT2D eigenvalue weighted by Gasteiger charge is -2.33. The Balaban J connectivity index is 1.98. The van der Waals surface area contributed by atoms with Crippen molar-refractivity contribution in [1.82, 2.24) is 0 Å². The van der Waals surface area contributed by atoms with Crippen LogP contribution in [-0.4, -0.2) is 20.7 Å². The first-order valence-corrected chi connectivity index (χ1v) is 11.4. The van der Waals surface area contributed by atoms with Crippen LogP contribution in [0.3, 0.4) is 0 Å². The first kappa shape index (κ1) is 20.2. The van der Waals surface area contributed by atoms with Crippen LogP contribution in [0.2, 0.25) is 0 Å². The van der Waals surface area contributed by atoms with Gasteiger partial charge in [0.1, 0.15) is 4.21 Å². The van der Waals surface area contributed by atoms with Crippen LogP contribution in [0.1, 0.15) is 46.5 Å². The number of rotatable bonds is 5. The number of carbonyl (C=O) groups is 1. The monoisotopic (exact) mass is 405 g/mol. The van der Waals surface area contributed by atoms with Crippen molar-refractivity contribution in [2.45, 2.75) is 56.7 Å². The van der Waals surface area contributed by atoms with Crippen molar-refractivity contribution in [2.75, 3.05) is 4.90 Å². The molecule has 2 aromatic rings. The molecule has 1 amide bonds. The van der Waals surface area contributed by atoms with E-state index in [0.717, 1.165) is 36.1 Å². The minimum atomic E-state index is -2.13. The van der Waals surface area contributed by atoms with E-state index in [1.807, 2.05) is 50.2 Å². The Morgan fingerprint density at radius 1 is 1.19 bits per heavy atom. The van der Waals surface area contributed by atoms with Gasteiger partial charge in [-0.25, -0.2) is 4.21 Å². The van der Waals surface area contributed by atoms with Crippen molar-refractivity contribution in [3.05, 3.63) is 36.4 Å². The topological polar surface area (TPSA) is 57.6 Å². The van der Waals surface area contributed by atoms with Gasteiger partial charge in [-0.2, -0.15) is 0 Å². The van der Waals surface area contributed by atoms with Gasteiger partial charge in [0.05, 0.1) is 5.69 Å². The first-order valence-electron chi connectivity index (χ1n) is 9.51. The summed E-state index contributed by atoms with van der Waals surface area (Å²) in [6.45, 7) is 6.17. The smallest absolute Gasteiger partial charge is 0.230 e. The predicted molar refractivity (Wildman–Crippen MR) is 113 cm³/mol. The van der Waals surface area contributed by atoms with E-state index in [1.54, 1.807) is 4.90 Å². The van der Waals surface area contributed by atoms with Crippen molar-refractivity contribution in [3.63, 3.8) is 0 Å². The summed E-state index contributed by atoms with van der Waals surface area (Å²) < 4.78 is 22.2. The van der Waals surface area contributed by atoms with Crippen LogP contribution in [0, 0.1) is 11.8 Å². The molecule has 1 atom stereocenters. The molecule has 0 radical (unpaired) electrons. The van der Waals surface area contributed by atoms with Crippen LogP contribution in [-0.2, 0) is 15.9 Å². The Labute approximate surface area is 167 Å². The third-order valence-corrected chi connectivity index (χ3v) is 7.45. The Kier molecular flexibility index (Phi) is 6.50. The van der Waals surface area contributed by atoms with Crippen LogP contribution in [0.15, 0.2) is 40.6 Å². The van der Waals surface area contributed by atoms with Gasteiger partial charge in [0.2, 0.25) is 5.91 Å². The van der Waals surface area contributed by atoms with Crippen LogP contribution in [0.25, 0.3) is 10.4 Å². The highest BCUT2D eigenvalue weighted by molar-refractivity contribution is 7.82. The van der Waals surface area contributed by atoms with Crippen molar-refractivity contribution < 1.29 is 13.6 Å². The number of benzene rings is 1. The molecular formula is C21H27NO3S2. The quantitative estimate of drug-likeness (QED) is 0.662. The summed E-state index contributed by atoms with van der Waals surface area (Å²) in [4.78, 5) is 16.0. The summed E-state index contributed by atoms with van der Waals surface area (Å²) in [5, 5.41) is 0. The molecule has 27 heavy (non-hydrogen) atoms. The highest BCUT2D eigenvalue weighted by Crippen LogP contribution is 2.41. The Morgan fingerprint density at radius 2 is 1.81 bits per heavy atom. The maximum absolute atomic E-state index is 13.3. The number of hydrogen-bond acceptors (Lipinski definition) is 3. The van der Waals surface area contributed by atoms with E-state index in [-0.39, 0.29) is 17.9 Å². The van der Waals surface area contributed by atoms with E-state index in [2.05, 4.69) is 6.92 Å². The molecule has 146 valence electrons. The first-order chi connectivity index (χ1) is 12.9. The number of thiophene rings is 1. The van der Waals surface area contributed by atoms with Crippen molar-refractivity contribution in [1.29, 1.82) is 0 Å². The Hall–Kier alpha value is -1.50. The largest absolute Gasteiger partial charge is 0.308 e. The third-order valence-electron chi connectivity index (χ3n) is 5.27. The standard InChI is InChI=1S/C21H27NO3S2/c1-14(2)22(20(23)17-11-9-15(3)10-12-17)18-13-19(26-21(18)27(24)25)16-7-5-4-6-8-16/h4-8,13-15,17H,9-12H2,1-3H3,(H,24,25)/t15-,17-. The second kappa shape index (κ2) is 8.67. The summed E-state index contributed by atoms with van der Waals surface area (Å²) in [6.07, 6.45) is 3.94. The molecule has 0 saturated heterocycles. The summed E-state index contributed by atoms with van der Waals surface area (Å²) in [5.74, 6) is 0.762. The number of anilines is 1. The second-order valence-electron chi connectivity index (χ2n) is 7.66. The molecule has 0 spiro atoms. The van der Waals surface area contributed by atoms with Crippen molar-refractivity contribution in [2.24, 2.45) is 11.8 Å². The molecule has 1 aromatic carbocycles. The molecule has 6 heteroatoms. The van der Waals surface area contributed by atoms with Crippen molar-refractivity contribution >= 4 is 34.0 Å². The molecule has 1 aliphatic rings. The molecule has 1 N–H and O–H groups in total. The second-order valence-corrected chi connectivity index (χ2v) is 9.87. The molecule has 1 unspecified atom stereocenters. The zero-order chi connectivity index (χ0) is 19.6. The Bertz CT molecular complexity index is 808. The highest BCUT2D eigenvalue weighted by Gasteiger charge is 2.33. The van der Waals surface area contributed by atoms with Gasteiger partial charge in [-0.1, -0.05) is 37.3 Å². The van der Waals surface area contributed by atoms with Crippen molar-refractivity contribution in [3.8, 4) is 10.4 Å². The zero-order valence-corrected chi connectivity index (χ0v) is 17.7. The number of nitrogens with zero attached hydrogens (tertiary/aromatic N) is 1. The van der Waals surface area contributed by atoms with E-state index in [4.69, 9.17) is 0 Å². The minimum absolute atomic E-state index is 0.00338. The SMILES string of the molecule is CC(C)N(c1cc(-c2ccccc2)sc1S(=O)O)C(=O)[C@H]1CC[C@H](C)CC1. The third kappa shape index (κ3) is 4.50. The van der Waals surface area contributed by atoms with E-state index in [9.17, 15) is 13.6 Å². The van der Waals surface area contributed by atoms with E-state index in [1.165, 1.54) is 11.3 Å². The molecule has 1 aromatic heterocycles. The summed E-state index contributed by atoms with van der Waals surface area (Å²) >= 11 is -0.846. The van der Waals surface area contributed by atoms with E-state index >= 15 is 0 Å². The fraction of sp³-hybridized carbons (Fsp3) is 0.476. The van der Waals surface area contributed by atoms with E-state index in [0.29, 0.717) is 15.8 Å². The lowest BCUT2D eigenvalue weighted by molar-refractivity contribution is -0.123. The van der Waals surface area contributed by atoms with Gasteiger partial charge in [-0.15, -0.1) is 11.3 Å².